The molecule has 1 aromatic rings. The van der Waals surface area contributed by atoms with E-state index in [2.05, 4.69) is 22.5 Å². The monoisotopic (exact) mass is 289 g/mol. The van der Waals surface area contributed by atoms with Gasteiger partial charge in [-0.05, 0) is 31.4 Å². The number of aromatic nitrogens is 1. The molecule has 1 fully saturated rings. The maximum atomic E-state index is 12.2. The summed E-state index contributed by atoms with van der Waals surface area (Å²) in [5.41, 5.74) is 0.652. The molecule has 2 N–H and O–H groups in total. The highest BCUT2D eigenvalue weighted by Crippen LogP contribution is 2.18. The van der Waals surface area contributed by atoms with Gasteiger partial charge in [-0.15, -0.1) is 0 Å². The number of unbranched alkanes of at least 4 members (excludes halogenated alkanes) is 2. The second-order valence-electron chi connectivity index (χ2n) is 5.87. The molecule has 4 nitrogen and oxygen atoms in total. The highest BCUT2D eigenvalue weighted by molar-refractivity contribution is 5.94. The number of pyridine rings is 1. The predicted octanol–water partition coefficient (Wildman–Crippen LogP) is 3.75. The van der Waals surface area contributed by atoms with Crippen LogP contribution in [0.1, 0.15) is 68.6 Å². The van der Waals surface area contributed by atoms with E-state index < -0.39 is 0 Å². The van der Waals surface area contributed by atoms with Crippen molar-refractivity contribution < 1.29 is 4.79 Å². The molecule has 116 valence electrons. The molecule has 1 saturated carbocycles. The van der Waals surface area contributed by atoms with Crippen molar-refractivity contribution >= 4 is 11.7 Å². The van der Waals surface area contributed by atoms with Crippen molar-refractivity contribution in [1.82, 2.24) is 10.3 Å². The lowest BCUT2D eigenvalue weighted by Crippen LogP contribution is -2.36. The predicted molar refractivity (Wildman–Crippen MR) is 86.6 cm³/mol. The fraction of sp³-hybridized carbons (Fsp3) is 0.647. The molecule has 0 spiro atoms. The van der Waals surface area contributed by atoms with Crippen LogP contribution in [0.2, 0.25) is 0 Å². The van der Waals surface area contributed by atoms with Crippen LogP contribution in [0.4, 0.5) is 5.82 Å². The van der Waals surface area contributed by atoms with E-state index >= 15 is 0 Å². The Morgan fingerprint density at radius 3 is 2.71 bits per heavy atom. The van der Waals surface area contributed by atoms with Crippen LogP contribution in [0.15, 0.2) is 18.3 Å². The van der Waals surface area contributed by atoms with Gasteiger partial charge < -0.3 is 10.6 Å². The zero-order valence-electron chi connectivity index (χ0n) is 13.0. The molecule has 0 bridgehead atoms. The first kappa shape index (κ1) is 15.8. The third-order valence-electron chi connectivity index (χ3n) is 4.05. The van der Waals surface area contributed by atoms with Gasteiger partial charge in [-0.1, -0.05) is 39.0 Å². The summed E-state index contributed by atoms with van der Waals surface area (Å²) in [7, 11) is 0. The van der Waals surface area contributed by atoms with E-state index in [1.807, 2.05) is 12.1 Å². The van der Waals surface area contributed by atoms with Crippen molar-refractivity contribution in [1.29, 1.82) is 0 Å². The van der Waals surface area contributed by atoms with Crippen molar-refractivity contribution in [3.05, 3.63) is 23.9 Å². The van der Waals surface area contributed by atoms with Gasteiger partial charge in [0.2, 0.25) is 0 Å². The van der Waals surface area contributed by atoms with Crippen LogP contribution in [-0.2, 0) is 0 Å². The van der Waals surface area contributed by atoms with Crippen molar-refractivity contribution in [2.24, 2.45) is 0 Å². The number of amides is 1. The zero-order chi connectivity index (χ0) is 14.9. The Labute approximate surface area is 127 Å². The normalized spacial score (nSPS) is 15.7. The zero-order valence-corrected chi connectivity index (χ0v) is 13.0. The van der Waals surface area contributed by atoms with Crippen molar-refractivity contribution in [2.45, 2.75) is 64.3 Å². The third kappa shape index (κ3) is 5.37. The highest BCUT2D eigenvalue weighted by Gasteiger charge is 2.16. The van der Waals surface area contributed by atoms with Crippen LogP contribution in [-0.4, -0.2) is 23.5 Å². The van der Waals surface area contributed by atoms with Gasteiger partial charge in [-0.2, -0.15) is 0 Å². The van der Waals surface area contributed by atoms with Crippen molar-refractivity contribution in [3.63, 3.8) is 0 Å². The molecular formula is C17H27N3O. The summed E-state index contributed by atoms with van der Waals surface area (Å²) < 4.78 is 0. The van der Waals surface area contributed by atoms with Crippen molar-refractivity contribution in [2.75, 3.05) is 11.9 Å². The average Bonchev–Trinajstić information content (AvgIpc) is 2.53. The largest absolute Gasteiger partial charge is 0.370 e. The minimum Gasteiger partial charge on any atom is -0.370 e. The smallest absolute Gasteiger partial charge is 0.253 e. The lowest BCUT2D eigenvalue weighted by atomic mass is 9.95. The number of carbonyl (C=O) groups is 1. The summed E-state index contributed by atoms with van der Waals surface area (Å²) in [6.45, 7) is 3.13. The Hall–Kier alpha value is -1.58. The maximum Gasteiger partial charge on any atom is 0.253 e. The van der Waals surface area contributed by atoms with Gasteiger partial charge in [-0.3, -0.25) is 4.79 Å². The minimum absolute atomic E-state index is 0.00642. The fourth-order valence-corrected chi connectivity index (χ4v) is 2.74. The summed E-state index contributed by atoms with van der Waals surface area (Å²) >= 11 is 0. The van der Waals surface area contributed by atoms with E-state index in [1.165, 1.54) is 32.1 Å². The number of rotatable bonds is 7. The van der Waals surface area contributed by atoms with E-state index in [4.69, 9.17) is 0 Å². The molecule has 1 aliphatic carbocycles. The third-order valence-corrected chi connectivity index (χ3v) is 4.05. The molecule has 1 heterocycles. The standard InChI is InChI=1S/C17H27N3O/c1-2-3-7-12-18-16-11-10-14(13-19-16)17(21)20-15-8-5-4-6-9-15/h10-11,13,15H,2-9,12H2,1H3,(H,18,19)(H,20,21). The van der Waals surface area contributed by atoms with Crippen LogP contribution in [0.5, 0.6) is 0 Å². The summed E-state index contributed by atoms with van der Waals surface area (Å²) in [5, 5.41) is 6.40. The molecule has 0 saturated heterocycles. The van der Waals surface area contributed by atoms with E-state index in [0.717, 1.165) is 31.6 Å². The molecule has 0 aliphatic heterocycles. The van der Waals surface area contributed by atoms with Gasteiger partial charge in [0.25, 0.3) is 5.91 Å². The Kier molecular flexibility index (Phi) is 6.51. The second kappa shape index (κ2) is 8.65. The number of hydrogen-bond acceptors (Lipinski definition) is 3. The molecule has 21 heavy (non-hydrogen) atoms. The Morgan fingerprint density at radius 2 is 2.05 bits per heavy atom. The SMILES string of the molecule is CCCCCNc1ccc(C(=O)NC2CCCCC2)cn1. The minimum atomic E-state index is 0.00642. The molecule has 0 atom stereocenters. The van der Waals surface area contributed by atoms with E-state index in [0.29, 0.717) is 11.6 Å². The molecule has 1 aromatic heterocycles. The van der Waals surface area contributed by atoms with Crippen LogP contribution < -0.4 is 10.6 Å². The van der Waals surface area contributed by atoms with Gasteiger partial charge in [-0.25, -0.2) is 4.98 Å². The van der Waals surface area contributed by atoms with Gasteiger partial charge in [0.1, 0.15) is 5.82 Å². The summed E-state index contributed by atoms with van der Waals surface area (Å²) in [6, 6.07) is 4.09. The quantitative estimate of drug-likeness (QED) is 0.752. The first-order chi connectivity index (χ1) is 10.3. The number of nitrogens with zero attached hydrogens (tertiary/aromatic N) is 1. The van der Waals surface area contributed by atoms with E-state index in [1.54, 1.807) is 6.20 Å². The summed E-state index contributed by atoms with van der Waals surface area (Å²) in [4.78, 5) is 16.5. The molecule has 0 unspecified atom stereocenters. The van der Waals surface area contributed by atoms with Gasteiger partial charge in [0.15, 0.2) is 0 Å². The van der Waals surface area contributed by atoms with Crippen LogP contribution in [0.3, 0.4) is 0 Å². The second-order valence-corrected chi connectivity index (χ2v) is 5.87. The molecule has 1 aliphatic rings. The van der Waals surface area contributed by atoms with E-state index in [9.17, 15) is 4.79 Å². The molecule has 2 rings (SSSR count). The molecule has 1 amide bonds. The molecule has 0 radical (unpaired) electrons. The Balaban J connectivity index is 1.78. The first-order valence-electron chi connectivity index (χ1n) is 8.30. The number of nitrogens with one attached hydrogen (secondary N) is 2. The Bertz CT molecular complexity index is 424. The summed E-state index contributed by atoms with van der Waals surface area (Å²) in [6.07, 6.45) is 11.2. The van der Waals surface area contributed by atoms with Crippen LogP contribution in [0, 0.1) is 0 Å². The lowest BCUT2D eigenvalue weighted by molar-refractivity contribution is 0.0927. The number of anilines is 1. The van der Waals surface area contributed by atoms with Crippen LogP contribution in [0.25, 0.3) is 0 Å². The van der Waals surface area contributed by atoms with E-state index in [-0.39, 0.29) is 5.91 Å². The fourth-order valence-electron chi connectivity index (χ4n) is 2.74. The summed E-state index contributed by atoms with van der Waals surface area (Å²) in [5.74, 6) is 0.854. The molecule has 0 aromatic carbocycles. The molecule has 4 heteroatoms. The first-order valence-corrected chi connectivity index (χ1v) is 8.30. The van der Waals surface area contributed by atoms with Crippen LogP contribution >= 0.6 is 0 Å². The van der Waals surface area contributed by atoms with Gasteiger partial charge in [0, 0.05) is 18.8 Å². The van der Waals surface area contributed by atoms with Gasteiger partial charge >= 0.3 is 0 Å². The average molecular weight is 289 g/mol. The Morgan fingerprint density at radius 1 is 1.24 bits per heavy atom. The highest BCUT2D eigenvalue weighted by atomic mass is 16.1. The number of hydrogen-bond donors (Lipinski definition) is 2. The van der Waals surface area contributed by atoms with Gasteiger partial charge in [0.05, 0.1) is 5.56 Å². The number of carbonyl (C=O) groups excluding carboxylic acids is 1. The van der Waals surface area contributed by atoms with Crippen molar-refractivity contribution in [3.8, 4) is 0 Å². The lowest BCUT2D eigenvalue weighted by Gasteiger charge is -2.22. The topological polar surface area (TPSA) is 54.0 Å². The maximum absolute atomic E-state index is 12.2. The molecular weight excluding hydrogens is 262 g/mol.